The minimum absolute atomic E-state index is 0.189. The Labute approximate surface area is 153 Å². The van der Waals surface area contributed by atoms with Gasteiger partial charge in [-0.05, 0) is 29.8 Å². The van der Waals surface area contributed by atoms with E-state index >= 15 is 0 Å². The van der Waals surface area contributed by atoms with E-state index in [0.717, 1.165) is 31.7 Å². The highest BCUT2D eigenvalue weighted by molar-refractivity contribution is 5.48. The van der Waals surface area contributed by atoms with Crippen molar-refractivity contribution < 1.29 is 19.0 Å². The van der Waals surface area contributed by atoms with Gasteiger partial charge in [0.1, 0.15) is 5.82 Å². The molecule has 1 aliphatic heterocycles. The van der Waals surface area contributed by atoms with Gasteiger partial charge in [0, 0.05) is 32.7 Å². The van der Waals surface area contributed by atoms with E-state index in [1.165, 1.54) is 6.07 Å². The van der Waals surface area contributed by atoms with Crippen molar-refractivity contribution in [2.45, 2.75) is 6.10 Å². The van der Waals surface area contributed by atoms with Crippen LogP contribution < -0.4 is 14.4 Å². The lowest BCUT2D eigenvalue weighted by molar-refractivity contribution is 0.109. The summed E-state index contributed by atoms with van der Waals surface area (Å²) in [6.45, 7) is 3.55. The number of halogens is 1. The molecule has 0 aromatic heterocycles. The minimum atomic E-state index is -0.616. The van der Waals surface area contributed by atoms with Gasteiger partial charge in [-0.15, -0.1) is 0 Å². The lowest BCUT2D eigenvalue weighted by atomic mass is 10.1. The Balaban J connectivity index is 1.58. The molecule has 0 amide bonds. The Morgan fingerprint density at radius 2 is 1.69 bits per heavy atom. The van der Waals surface area contributed by atoms with Gasteiger partial charge in [0.05, 0.1) is 26.0 Å². The first-order chi connectivity index (χ1) is 12.6. The maximum Gasteiger partial charge on any atom is 0.161 e. The first-order valence-electron chi connectivity index (χ1n) is 8.74. The normalized spacial score (nSPS) is 16.4. The summed E-state index contributed by atoms with van der Waals surface area (Å²) < 4.78 is 24.4. The van der Waals surface area contributed by atoms with Crippen molar-refractivity contribution >= 4 is 5.69 Å². The van der Waals surface area contributed by atoms with Crippen molar-refractivity contribution in [3.05, 3.63) is 53.8 Å². The predicted octanol–water partition coefficient (Wildman–Crippen LogP) is 2.70. The molecule has 1 fully saturated rings. The molecule has 6 heteroatoms. The van der Waals surface area contributed by atoms with Crippen molar-refractivity contribution in [3.63, 3.8) is 0 Å². The monoisotopic (exact) mass is 360 g/mol. The van der Waals surface area contributed by atoms with Crippen LogP contribution in [0.4, 0.5) is 10.1 Å². The number of aliphatic hydroxyl groups excluding tert-OH is 1. The zero-order valence-electron chi connectivity index (χ0n) is 15.2. The van der Waals surface area contributed by atoms with Crippen molar-refractivity contribution in [2.24, 2.45) is 0 Å². The van der Waals surface area contributed by atoms with E-state index in [1.807, 2.05) is 18.2 Å². The third kappa shape index (κ3) is 4.08. The van der Waals surface area contributed by atoms with Gasteiger partial charge in [-0.25, -0.2) is 4.39 Å². The van der Waals surface area contributed by atoms with Crippen LogP contribution in [0.25, 0.3) is 0 Å². The number of β-amino-alcohol motifs (C(OH)–C–C–N with tert-alkyl or cyclic N) is 1. The van der Waals surface area contributed by atoms with Gasteiger partial charge >= 0.3 is 0 Å². The Kier molecular flexibility index (Phi) is 5.96. The number of piperazine rings is 1. The number of hydrogen-bond donors (Lipinski definition) is 1. The average molecular weight is 360 g/mol. The van der Waals surface area contributed by atoms with Crippen LogP contribution in [0.2, 0.25) is 0 Å². The second-order valence-electron chi connectivity index (χ2n) is 6.37. The summed E-state index contributed by atoms with van der Waals surface area (Å²) in [7, 11) is 3.17. The number of methoxy groups -OCH3 is 2. The molecular weight excluding hydrogens is 335 g/mol. The number of para-hydroxylation sites is 1. The Morgan fingerprint density at radius 1 is 1.00 bits per heavy atom. The molecule has 0 saturated carbocycles. The zero-order chi connectivity index (χ0) is 18.5. The van der Waals surface area contributed by atoms with Gasteiger partial charge in [0.2, 0.25) is 0 Å². The molecule has 0 radical (unpaired) electrons. The summed E-state index contributed by atoms with van der Waals surface area (Å²) in [5.41, 5.74) is 1.44. The molecule has 3 rings (SSSR count). The van der Waals surface area contributed by atoms with Crippen molar-refractivity contribution in [1.82, 2.24) is 4.90 Å². The van der Waals surface area contributed by atoms with Gasteiger partial charge in [0.15, 0.2) is 11.5 Å². The molecule has 1 atom stereocenters. The van der Waals surface area contributed by atoms with E-state index in [4.69, 9.17) is 9.47 Å². The summed E-state index contributed by atoms with van der Waals surface area (Å²) in [4.78, 5) is 4.24. The van der Waals surface area contributed by atoms with Crippen molar-refractivity contribution in [1.29, 1.82) is 0 Å². The largest absolute Gasteiger partial charge is 0.493 e. The van der Waals surface area contributed by atoms with Gasteiger partial charge in [-0.1, -0.05) is 18.2 Å². The summed E-state index contributed by atoms with van der Waals surface area (Å²) >= 11 is 0. The average Bonchev–Trinajstić information content (AvgIpc) is 2.68. The first-order valence-corrected chi connectivity index (χ1v) is 8.74. The van der Waals surface area contributed by atoms with Crippen LogP contribution in [0.5, 0.6) is 11.5 Å². The van der Waals surface area contributed by atoms with E-state index in [0.29, 0.717) is 23.7 Å². The fraction of sp³-hybridized carbons (Fsp3) is 0.400. The molecule has 5 nitrogen and oxygen atoms in total. The molecule has 1 heterocycles. The number of hydrogen-bond acceptors (Lipinski definition) is 5. The molecule has 0 bridgehead atoms. The van der Waals surface area contributed by atoms with Gasteiger partial charge in [-0.3, -0.25) is 4.90 Å². The van der Waals surface area contributed by atoms with Crippen molar-refractivity contribution in [2.75, 3.05) is 51.8 Å². The molecule has 1 saturated heterocycles. The molecule has 0 aliphatic carbocycles. The number of anilines is 1. The van der Waals surface area contributed by atoms with Crippen LogP contribution in [0, 0.1) is 5.82 Å². The van der Waals surface area contributed by atoms with Crippen molar-refractivity contribution in [3.8, 4) is 11.5 Å². The Morgan fingerprint density at radius 3 is 2.35 bits per heavy atom. The quantitative estimate of drug-likeness (QED) is 0.858. The number of nitrogens with zero attached hydrogens (tertiary/aromatic N) is 2. The summed E-state index contributed by atoms with van der Waals surface area (Å²) in [6.07, 6.45) is -0.616. The van der Waals surface area contributed by atoms with Crippen LogP contribution in [-0.2, 0) is 0 Å². The second-order valence-corrected chi connectivity index (χ2v) is 6.37. The molecule has 0 spiro atoms. The summed E-state index contributed by atoms with van der Waals surface area (Å²) in [5, 5.41) is 10.6. The van der Waals surface area contributed by atoms with E-state index in [1.54, 1.807) is 32.4 Å². The van der Waals surface area contributed by atoms with Crippen LogP contribution in [0.1, 0.15) is 11.7 Å². The highest BCUT2D eigenvalue weighted by Crippen LogP contribution is 2.30. The molecule has 1 N–H and O–H groups in total. The highest BCUT2D eigenvalue weighted by Gasteiger charge is 2.22. The third-order valence-electron chi connectivity index (χ3n) is 4.79. The minimum Gasteiger partial charge on any atom is -0.493 e. The lowest BCUT2D eigenvalue weighted by Crippen LogP contribution is -2.47. The van der Waals surface area contributed by atoms with Crippen LogP contribution in [-0.4, -0.2) is 56.9 Å². The smallest absolute Gasteiger partial charge is 0.161 e. The first kappa shape index (κ1) is 18.5. The van der Waals surface area contributed by atoms with Crippen LogP contribution >= 0.6 is 0 Å². The van der Waals surface area contributed by atoms with E-state index in [-0.39, 0.29) is 5.82 Å². The molecule has 26 heavy (non-hydrogen) atoms. The topological polar surface area (TPSA) is 45.2 Å². The number of ether oxygens (including phenoxy) is 2. The molecule has 2 aromatic rings. The second kappa shape index (κ2) is 8.38. The lowest BCUT2D eigenvalue weighted by Gasteiger charge is -2.37. The fourth-order valence-electron chi connectivity index (χ4n) is 3.29. The van der Waals surface area contributed by atoms with Crippen LogP contribution in [0.3, 0.4) is 0 Å². The SMILES string of the molecule is COc1ccc([C@@H](O)CN2CCN(c3ccccc3F)CC2)cc1OC. The standard InChI is InChI=1S/C20H25FN2O3/c1-25-19-8-7-15(13-20(19)26-2)18(24)14-22-9-11-23(12-10-22)17-6-4-3-5-16(17)21/h3-8,13,18,24H,9-12,14H2,1-2H3/t18-/m0/s1. The molecule has 0 unspecified atom stereocenters. The van der Waals surface area contributed by atoms with E-state index < -0.39 is 6.10 Å². The summed E-state index contributed by atoms with van der Waals surface area (Å²) in [6, 6.07) is 12.3. The molecule has 1 aliphatic rings. The van der Waals surface area contributed by atoms with Crippen LogP contribution in [0.15, 0.2) is 42.5 Å². The molecular formula is C20H25FN2O3. The number of benzene rings is 2. The summed E-state index contributed by atoms with van der Waals surface area (Å²) in [5.74, 6) is 1.06. The van der Waals surface area contributed by atoms with E-state index in [9.17, 15) is 9.50 Å². The van der Waals surface area contributed by atoms with Gasteiger partial charge in [-0.2, -0.15) is 0 Å². The maximum absolute atomic E-state index is 13.9. The number of aliphatic hydroxyl groups is 1. The fourth-order valence-corrected chi connectivity index (χ4v) is 3.29. The highest BCUT2D eigenvalue weighted by atomic mass is 19.1. The Bertz CT molecular complexity index is 733. The van der Waals surface area contributed by atoms with E-state index in [2.05, 4.69) is 9.80 Å². The van der Waals surface area contributed by atoms with Gasteiger partial charge in [0.25, 0.3) is 0 Å². The van der Waals surface area contributed by atoms with Gasteiger partial charge < -0.3 is 19.5 Å². The predicted molar refractivity (Wildman–Crippen MR) is 99.6 cm³/mol. The third-order valence-corrected chi connectivity index (χ3v) is 4.79. The zero-order valence-corrected chi connectivity index (χ0v) is 15.2. The molecule has 2 aromatic carbocycles. The molecule has 140 valence electrons. The number of rotatable bonds is 6. The maximum atomic E-state index is 13.9. The Hall–Kier alpha value is -2.31.